The molecule has 0 aromatic heterocycles. The molecular weight excluding hydrogens is 350 g/mol. The average molecular weight is 378 g/mol. The summed E-state index contributed by atoms with van der Waals surface area (Å²) >= 11 is 6.04. The van der Waals surface area contributed by atoms with Gasteiger partial charge in [-0.05, 0) is 72.6 Å². The maximum atomic E-state index is 6.04. The van der Waals surface area contributed by atoms with Crippen LogP contribution in [0.25, 0.3) is 11.1 Å². The second-order valence-electron chi connectivity index (χ2n) is 7.66. The van der Waals surface area contributed by atoms with Crippen LogP contribution in [0.4, 0.5) is 0 Å². The van der Waals surface area contributed by atoms with E-state index in [-0.39, 0.29) is 5.92 Å². The molecular formula is C25H28ClN. The molecule has 0 amide bonds. The predicted molar refractivity (Wildman–Crippen MR) is 118 cm³/mol. The maximum absolute atomic E-state index is 6.04. The van der Waals surface area contributed by atoms with E-state index in [1.807, 2.05) is 19.2 Å². The van der Waals surface area contributed by atoms with Gasteiger partial charge in [0.25, 0.3) is 0 Å². The van der Waals surface area contributed by atoms with E-state index in [0.717, 1.165) is 23.6 Å². The summed E-state index contributed by atoms with van der Waals surface area (Å²) in [6.07, 6.45) is 1.91. The van der Waals surface area contributed by atoms with Gasteiger partial charge in [-0.1, -0.05) is 66.7 Å². The van der Waals surface area contributed by atoms with Crippen LogP contribution in [0.5, 0.6) is 0 Å². The molecule has 0 aliphatic heterocycles. The first-order chi connectivity index (χ1) is 12.8. The number of rotatable bonds is 5. The summed E-state index contributed by atoms with van der Waals surface area (Å²) < 4.78 is 0. The molecule has 3 rings (SSSR count). The molecule has 0 radical (unpaired) electrons. The molecule has 0 heterocycles. The molecule has 2 atom stereocenters. The van der Waals surface area contributed by atoms with Crippen molar-refractivity contribution in [2.45, 2.75) is 32.6 Å². The Morgan fingerprint density at radius 1 is 1.07 bits per heavy atom. The number of halogens is 1. The van der Waals surface area contributed by atoms with Crippen molar-refractivity contribution < 1.29 is 0 Å². The van der Waals surface area contributed by atoms with Crippen LogP contribution in [0.15, 0.2) is 73.0 Å². The second kappa shape index (κ2) is 7.78. The zero-order chi connectivity index (χ0) is 19.7. The van der Waals surface area contributed by atoms with Crippen LogP contribution in [-0.2, 0) is 0 Å². The van der Waals surface area contributed by atoms with Gasteiger partial charge in [0.1, 0.15) is 0 Å². The van der Waals surface area contributed by atoms with Crippen molar-refractivity contribution in [1.82, 2.24) is 5.32 Å². The quantitative estimate of drug-likeness (QED) is 0.555. The fourth-order valence-corrected chi connectivity index (χ4v) is 4.42. The summed E-state index contributed by atoms with van der Waals surface area (Å²) in [7, 11) is 1.93. The third kappa shape index (κ3) is 3.89. The lowest BCUT2D eigenvalue weighted by Crippen LogP contribution is -2.10. The van der Waals surface area contributed by atoms with E-state index in [1.165, 1.54) is 39.0 Å². The van der Waals surface area contributed by atoms with Crippen molar-refractivity contribution in [3.05, 3.63) is 94.7 Å². The highest BCUT2D eigenvalue weighted by atomic mass is 35.5. The Morgan fingerprint density at radius 2 is 1.67 bits per heavy atom. The zero-order valence-corrected chi connectivity index (χ0v) is 17.3. The average Bonchev–Trinajstić information content (AvgIpc) is 2.89. The molecule has 0 saturated heterocycles. The van der Waals surface area contributed by atoms with Crippen molar-refractivity contribution in [3.8, 4) is 11.1 Å². The summed E-state index contributed by atoms with van der Waals surface area (Å²) in [6.45, 7) is 17.3. The molecule has 27 heavy (non-hydrogen) atoms. The van der Waals surface area contributed by atoms with Crippen molar-refractivity contribution in [1.29, 1.82) is 0 Å². The van der Waals surface area contributed by atoms with Gasteiger partial charge >= 0.3 is 0 Å². The SMILES string of the molecule is C=C(CC1CC(=C)C(c2c(C)cc(-c3ccc(Cl)cc3)cc2C)C1=C)NC. The topological polar surface area (TPSA) is 12.0 Å². The number of nitrogens with one attached hydrogen (secondary N) is 1. The molecule has 0 bridgehead atoms. The molecule has 1 aliphatic carbocycles. The van der Waals surface area contributed by atoms with Gasteiger partial charge in [0, 0.05) is 23.7 Å². The van der Waals surface area contributed by atoms with Gasteiger partial charge in [0.05, 0.1) is 0 Å². The van der Waals surface area contributed by atoms with Crippen LogP contribution in [0, 0.1) is 19.8 Å². The van der Waals surface area contributed by atoms with Gasteiger partial charge in [0.2, 0.25) is 0 Å². The first-order valence-corrected chi connectivity index (χ1v) is 9.78. The van der Waals surface area contributed by atoms with Crippen LogP contribution in [0.1, 0.15) is 35.4 Å². The van der Waals surface area contributed by atoms with E-state index >= 15 is 0 Å². The highest BCUT2D eigenvalue weighted by Crippen LogP contribution is 2.49. The highest BCUT2D eigenvalue weighted by molar-refractivity contribution is 6.30. The van der Waals surface area contributed by atoms with E-state index in [2.05, 4.69) is 63.2 Å². The summed E-state index contributed by atoms with van der Waals surface area (Å²) in [4.78, 5) is 0. The van der Waals surface area contributed by atoms with Crippen molar-refractivity contribution >= 4 is 11.6 Å². The highest BCUT2D eigenvalue weighted by Gasteiger charge is 2.34. The third-order valence-electron chi connectivity index (χ3n) is 5.72. The van der Waals surface area contributed by atoms with Crippen molar-refractivity contribution in [2.75, 3.05) is 7.05 Å². The molecule has 1 fully saturated rings. The summed E-state index contributed by atoms with van der Waals surface area (Å²) in [5, 5.41) is 3.92. The van der Waals surface area contributed by atoms with Crippen LogP contribution in [0.2, 0.25) is 5.02 Å². The largest absolute Gasteiger partial charge is 0.392 e. The summed E-state index contributed by atoms with van der Waals surface area (Å²) in [5.74, 6) is 0.649. The summed E-state index contributed by atoms with van der Waals surface area (Å²) in [6, 6.07) is 12.6. The second-order valence-corrected chi connectivity index (χ2v) is 8.09. The number of hydrogen-bond donors (Lipinski definition) is 1. The van der Waals surface area contributed by atoms with Gasteiger partial charge in [-0.25, -0.2) is 0 Å². The lowest BCUT2D eigenvalue weighted by atomic mass is 9.82. The molecule has 140 valence electrons. The molecule has 2 heteroatoms. The maximum Gasteiger partial charge on any atom is 0.0406 e. The molecule has 1 nitrogen and oxygen atoms in total. The normalized spacial score (nSPS) is 19.4. The number of hydrogen-bond acceptors (Lipinski definition) is 1. The van der Waals surface area contributed by atoms with Gasteiger partial charge in [-0.15, -0.1) is 0 Å². The molecule has 2 aromatic rings. The van der Waals surface area contributed by atoms with Crippen molar-refractivity contribution in [3.63, 3.8) is 0 Å². The lowest BCUT2D eigenvalue weighted by molar-refractivity contribution is 0.625. The molecule has 1 saturated carbocycles. The van der Waals surface area contributed by atoms with Crippen LogP contribution in [0.3, 0.4) is 0 Å². The Kier molecular flexibility index (Phi) is 5.62. The fourth-order valence-electron chi connectivity index (χ4n) is 4.29. The van der Waals surface area contributed by atoms with E-state index in [4.69, 9.17) is 11.6 Å². The number of benzene rings is 2. The predicted octanol–water partition coefficient (Wildman–Crippen LogP) is 6.96. The van der Waals surface area contributed by atoms with E-state index in [0.29, 0.717) is 5.92 Å². The Bertz CT molecular complexity index is 881. The minimum absolute atomic E-state index is 0.235. The van der Waals surface area contributed by atoms with E-state index in [9.17, 15) is 0 Å². The molecule has 2 unspecified atom stereocenters. The van der Waals surface area contributed by atoms with Crippen molar-refractivity contribution in [2.24, 2.45) is 5.92 Å². The minimum atomic E-state index is 0.235. The molecule has 2 aromatic carbocycles. The van der Waals surface area contributed by atoms with Gasteiger partial charge < -0.3 is 5.32 Å². The number of allylic oxidation sites excluding steroid dienone is 3. The first-order valence-electron chi connectivity index (χ1n) is 9.40. The number of aryl methyl sites for hydroxylation is 2. The Balaban J connectivity index is 1.95. The van der Waals surface area contributed by atoms with E-state index < -0.39 is 0 Å². The smallest absolute Gasteiger partial charge is 0.0406 e. The Labute approximate surface area is 168 Å². The first kappa shape index (κ1) is 19.5. The van der Waals surface area contributed by atoms with E-state index in [1.54, 1.807) is 0 Å². The minimum Gasteiger partial charge on any atom is -0.392 e. The van der Waals surface area contributed by atoms with Crippen LogP contribution in [-0.4, -0.2) is 7.05 Å². The molecule has 1 N–H and O–H groups in total. The lowest BCUT2D eigenvalue weighted by Gasteiger charge is -2.22. The zero-order valence-electron chi connectivity index (χ0n) is 16.5. The molecule has 0 spiro atoms. The molecule has 1 aliphatic rings. The van der Waals surface area contributed by atoms with Crippen LogP contribution < -0.4 is 5.32 Å². The van der Waals surface area contributed by atoms with Gasteiger partial charge in [0.15, 0.2) is 0 Å². The van der Waals surface area contributed by atoms with Gasteiger partial charge in [-0.2, -0.15) is 0 Å². The monoisotopic (exact) mass is 377 g/mol. The fraction of sp³-hybridized carbons (Fsp3) is 0.280. The van der Waals surface area contributed by atoms with Gasteiger partial charge in [-0.3, -0.25) is 0 Å². The Morgan fingerprint density at radius 3 is 2.22 bits per heavy atom. The Hall–Kier alpha value is -2.25. The third-order valence-corrected chi connectivity index (χ3v) is 5.97. The van der Waals surface area contributed by atoms with Crippen LogP contribution >= 0.6 is 11.6 Å². The summed E-state index contributed by atoms with van der Waals surface area (Å²) in [5.41, 5.74) is 9.94. The standard InChI is InChI=1S/C25H28ClN/c1-15-12-22(20-7-9-23(26)10-8-20)13-16(2)24(15)25-17(3)11-21(19(25)5)14-18(4)27-6/h7-10,12-13,21,25,27H,3-5,11,14H2,1-2,6H3.